The number of carboxylic acid groups (broad SMARTS) is 1. The minimum atomic E-state index is -0.955. The van der Waals surface area contributed by atoms with Crippen LogP contribution in [0.2, 0.25) is 0 Å². The molecule has 2 aromatic carbocycles. The van der Waals surface area contributed by atoms with Gasteiger partial charge in [-0.3, -0.25) is 4.79 Å². The minimum Gasteiger partial charge on any atom is -0.478 e. The van der Waals surface area contributed by atoms with E-state index in [1.807, 2.05) is 12.1 Å². The Kier molecular flexibility index (Phi) is 9.33. The first-order chi connectivity index (χ1) is 16.3. The van der Waals surface area contributed by atoms with Crippen molar-refractivity contribution in [2.45, 2.75) is 6.92 Å². The maximum atomic E-state index is 11.1. The van der Waals surface area contributed by atoms with Crippen LogP contribution in [0.15, 0.2) is 85.2 Å². The fraction of sp³-hybridized carbons (Fsp3) is 0.0400. The van der Waals surface area contributed by atoms with Gasteiger partial charge < -0.3 is 14.6 Å². The number of Topliss-reactive ketones (excluding diaryl/α,β-unsaturated/α-hetero) is 1. The number of hydrogen-bond acceptors (Lipinski definition) is 6. The predicted octanol–water partition coefficient (Wildman–Crippen LogP) is 6.86. The standard InChI is InChI=1S/C13H10INO2.C12H8INO3/c1-9(16)10-2-5-12(6-3-10)17-13-7-4-11(14)8-15-13;13-9-3-6-11(14-7-9)17-10-4-1-8(2-5-10)12(15)16/h2-8H,1H3;1-7H,(H,15,16). The van der Waals surface area contributed by atoms with Gasteiger partial charge in [0.05, 0.1) is 5.56 Å². The molecular formula is C25H18I2N2O5. The molecule has 34 heavy (non-hydrogen) atoms. The summed E-state index contributed by atoms with van der Waals surface area (Å²) in [5.41, 5.74) is 0.904. The molecule has 4 rings (SSSR count). The lowest BCUT2D eigenvalue weighted by Gasteiger charge is -2.04. The molecule has 0 radical (unpaired) electrons. The summed E-state index contributed by atoms with van der Waals surface area (Å²) in [7, 11) is 0. The van der Waals surface area contributed by atoms with Crippen LogP contribution in [-0.4, -0.2) is 26.8 Å². The van der Waals surface area contributed by atoms with Gasteiger partial charge in [0.25, 0.3) is 0 Å². The Morgan fingerprint density at radius 2 is 1.09 bits per heavy atom. The molecule has 2 aromatic heterocycles. The second-order valence-corrected chi connectivity index (χ2v) is 9.23. The van der Waals surface area contributed by atoms with E-state index in [0.717, 1.165) is 7.14 Å². The highest BCUT2D eigenvalue weighted by Gasteiger charge is 2.04. The number of benzene rings is 2. The zero-order valence-corrected chi connectivity index (χ0v) is 22.1. The van der Waals surface area contributed by atoms with E-state index in [1.165, 1.54) is 19.1 Å². The van der Waals surface area contributed by atoms with Crippen molar-refractivity contribution in [3.8, 4) is 23.3 Å². The molecule has 9 heteroatoms. The highest BCUT2D eigenvalue weighted by molar-refractivity contribution is 14.1. The van der Waals surface area contributed by atoms with Gasteiger partial charge in [-0.2, -0.15) is 0 Å². The number of carbonyl (C=O) groups is 2. The molecule has 0 spiro atoms. The largest absolute Gasteiger partial charge is 0.478 e. The SMILES string of the molecule is CC(=O)c1ccc(Oc2ccc(I)cn2)cc1.O=C(O)c1ccc(Oc2ccc(I)cn2)cc1. The van der Waals surface area contributed by atoms with Crippen molar-refractivity contribution in [1.82, 2.24) is 9.97 Å². The number of carboxylic acids is 1. The van der Waals surface area contributed by atoms with E-state index < -0.39 is 5.97 Å². The van der Waals surface area contributed by atoms with Gasteiger partial charge in [0.1, 0.15) is 11.5 Å². The molecule has 4 aromatic rings. The number of aromatic carboxylic acids is 1. The van der Waals surface area contributed by atoms with Crippen molar-refractivity contribution < 1.29 is 24.2 Å². The third-order valence-electron chi connectivity index (χ3n) is 4.21. The summed E-state index contributed by atoms with van der Waals surface area (Å²) in [6, 6.07) is 20.6. The highest BCUT2D eigenvalue weighted by Crippen LogP contribution is 2.21. The van der Waals surface area contributed by atoms with Gasteiger partial charge >= 0.3 is 5.97 Å². The second-order valence-electron chi connectivity index (χ2n) is 6.74. The van der Waals surface area contributed by atoms with Gasteiger partial charge in [0.2, 0.25) is 11.8 Å². The van der Waals surface area contributed by atoms with Gasteiger partial charge in [-0.05, 0) is 113 Å². The zero-order chi connectivity index (χ0) is 24.5. The lowest BCUT2D eigenvalue weighted by molar-refractivity contribution is 0.0696. The molecule has 0 aliphatic carbocycles. The minimum absolute atomic E-state index is 0.0453. The average Bonchev–Trinajstić information content (AvgIpc) is 2.83. The molecule has 0 bridgehead atoms. The van der Waals surface area contributed by atoms with Crippen molar-refractivity contribution in [3.63, 3.8) is 0 Å². The molecule has 7 nitrogen and oxygen atoms in total. The van der Waals surface area contributed by atoms with Crippen molar-refractivity contribution >= 4 is 56.9 Å². The lowest BCUT2D eigenvalue weighted by atomic mass is 10.1. The molecule has 0 amide bonds. The number of aromatic nitrogens is 2. The van der Waals surface area contributed by atoms with Crippen LogP contribution in [0.25, 0.3) is 0 Å². The zero-order valence-electron chi connectivity index (χ0n) is 17.8. The summed E-state index contributed by atoms with van der Waals surface area (Å²) < 4.78 is 13.1. The van der Waals surface area contributed by atoms with E-state index in [9.17, 15) is 9.59 Å². The van der Waals surface area contributed by atoms with Crippen LogP contribution in [0.5, 0.6) is 23.3 Å². The molecule has 0 saturated carbocycles. The summed E-state index contributed by atoms with van der Waals surface area (Å²) in [4.78, 5) is 30.0. The average molecular weight is 680 g/mol. The van der Waals surface area contributed by atoms with Gasteiger partial charge in [-0.1, -0.05) is 0 Å². The Bertz CT molecular complexity index is 1140. The van der Waals surface area contributed by atoms with E-state index in [-0.39, 0.29) is 11.3 Å². The number of pyridine rings is 2. The smallest absolute Gasteiger partial charge is 0.335 e. The van der Waals surface area contributed by atoms with Crippen molar-refractivity contribution in [2.24, 2.45) is 0 Å². The van der Waals surface area contributed by atoms with E-state index in [4.69, 9.17) is 14.6 Å². The highest BCUT2D eigenvalue weighted by atomic mass is 127. The van der Waals surface area contributed by atoms with Gasteiger partial charge in [0.15, 0.2) is 5.78 Å². The van der Waals surface area contributed by atoms with Crippen molar-refractivity contribution in [1.29, 1.82) is 0 Å². The van der Waals surface area contributed by atoms with Gasteiger partial charge in [0, 0.05) is 37.2 Å². The Labute approximate surface area is 223 Å². The Hall–Kier alpha value is -3.06. The first-order valence-corrected chi connectivity index (χ1v) is 12.0. The number of ketones is 1. The van der Waals surface area contributed by atoms with Gasteiger partial charge in [-0.15, -0.1) is 0 Å². The number of nitrogens with zero attached hydrogens (tertiary/aromatic N) is 2. The molecule has 0 fully saturated rings. The van der Waals surface area contributed by atoms with E-state index in [1.54, 1.807) is 60.9 Å². The van der Waals surface area contributed by atoms with E-state index in [2.05, 4.69) is 55.1 Å². The quantitative estimate of drug-likeness (QED) is 0.176. The molecule has 0 unspecified atom stereocenters. The number of rotatable bonds is 6. The topological polar surface area (TPSA) is 98.6 Å². The number of halogens is 2. The first kappa shape index (κ1) is 25.6. The molecule has 0 aliphatic rings. The maximum Gasteiger partial charge on any atom is 0.335 e. The molecule has 0 atom stereocenters. The summed E-state index contributed by atoms with van der Waals surface area (Å²) in [5, 5.41) is 8.74. The third-order valence-corrected chi connectivity index (χ3v) is 5.48. The summed E-state index contributed by atoms with van der Waals surface area (Å²) >= 11 is 4.34. The van der Waals surface area contributed by atoms with Crippen LogP contribution >= 0.6 is 45.2 Å². The van der Waals surface area contributed by atoms with E-state index >= 15 is 0 Å². The summed E-state index contributed by atoms with van der Waals surface area (Å²) in [6.07, 6.45) is 3.43. The monoisotopic (exact) mass is 680 g/mol. The Morgan fingerprint density at radius 3 is 1.41 bits per heavy atom. The molecule has 2 heterocycles. The Morgan fingerprint density at radius 1 is 0.676 bits per heavy atom. The first-order valence-electron chi connectivity index (χ1n) is 9.83. The van der Waals surface area contributed by atoms with Crippen LogP contribution in [0, 0.1) is 7.14 Å². The van der Waals surface area contributed by atoms with Crippen molar-refractivity contribution in [2.75, 3.05) is 0 Å². The van der Waals surface area contributed by atoms with Crippen LogP contribution in [0.1, 0.15) is 27.6 Å². The summed E-state index contributed by atoms with van der Waals surface area (Å²) in [6.45, 7) is 1.54. The van der Waals surface area contributed by atoms with Crippen LogP contribution in [0.4, 0.5) is 0 Å². The third kappa shape index (κ3) is 8.06. The fourth-order valence-corrected chi connectivity index (χ4v) is 3.15. The van der Waals surface area contributed by atoms with Crippen molar-refractivity contribution in [3.05, 3.63) is 103 Å². The maximum absolute atomic E-state index is 11.1. The fourth-order valence-electron chi connectivity index (χ4n) is 2.51. The Balaban J connectivity index is 0.000000191. The predicted molar refractivity (Wildman–Crippen MR) is 144 cm³/mol. The molecule has 172 valence electrons. The van der Waals surface area contributed by atoms with Gasteiger partial charge in [-0.25, -0.2) is 14.8 Å². The summed E-state index contributed by atoms with van der Waals surface area (Å²) in [5.74, 6) is 1.34. The number of ether oxygens (including phenoxy) is 2. The molecule has 0 saturated heterocycles. The number of carbonyl (C=O) groups excluding carboxylic acids is 1. The van der Waals surface area contributed by atoms with Crippen LogP contribution in [-0.2, 0) is 0 Å². The lowest BCUT2D eigenvalue weighted by Crippen LogP contribution is -1.95. The normalized spacial score (nSPS) is 9.97. The number of hydrogen-bond donors (Lipinski definition) is 1. The molecule has 0 aliphatic heterocycles. The van der Waals surface area contributed by atoms with Crippen LogP contribution in [0.3, 0.4) is 0 Å². The molecular weight excluding hydrogens is 662 g/mol. The van der Waals surface area contributed by atoms with E-state index in [0.29, 0.717) is 28.8 Å². The molecule has 1 N–H and O–H groups in total. The second kappa shape index (κ2) is 12.4. The van der Waals surface area contributed by atoms with Crippen LogP contribution < -0.4 is 9.47 Å².